The Kier molecular flexibility index (Phi) is 8.87. The van der Waals surface area contributed by atoms with Crippen LogP contribution in [0.5, 0.6) is 5.75 Å². The molecular weight excluding hydrogens is 469 g/mol. The second-order valence-corrected chi connectivity index (χ2v) is 9.77. The molecule has 0 saturated carbocycles. The summed E-state index contributed by atoms with van der Waals surface area (Å²) in [5.41, 5.74) is 1.68. The lowest BCUT2D eigenvalue weighted by Crippen LogP contribution is -2.56. The highest BCUT2D eigenvalue weighted by atomic mass is 35.5. The van der Waals surface area contributed by atoms with Crippen LogP contribution in [0, 0.1) is 11.7 Å². The molecular formula is C27H35ClFN3O3. The number of anilines is 1. The molecule has 8 heteroatoms. The Hall–Kier alpha value is -2.35. The second kappa shape index (κ2) is 12.1. The Morgan fingerprint density at radius 2 is 1.83 bits per heavy atom. The fourth-order valence-electron chi connectivity index (χ4n) is 5.50. The SMILES string of the molecule is COC(=O)CC[C@@H]1CN(Cc2c(F)cccc2Cl)CC[C@@H]1N1CCN(c2ccccc2OC)CC1. The molecule has 0 aromatic heterocycles. The molecule has 2 heterocycles. The van der Waals surface area contributed by atoms with Gasteiger partial charge in [-0.25, -0.2) is 4.39 Å². The first-order chi connectivity index (χ1) is 17.0. The minimum atomic E-state index is -0.266. The third-order valence-electron chi connectivity index (χ3n) is 7.38. The molecule has 2 aromatic carbocycles. The zero-order valence-electron chi connectivity index (χ0n) is 20.6. The Bertz CT molecular complexity index is 979. The molecule has 0 N–H and O–H groups in total. The molecule has 2 saturated heterocycles. The minimum absolute atomic E-state index is 0.181. The average molecular weight is 504 g/mol. The summed E-state index contributed by atoms with van der Waals surface area (Å²) in [4.78, 5) is 19.1. The Labute approximate surface area is 212 Å². The maximum Gasteiger partial charge on any atom is 0.305 e. The van der Waals surface area contributed by atoms with Gasteiger partial charge in [0.2, 0.25) is 0 Å². The van der Waals surface area contributed by atoms with E-state index in [1.165, 1.54) is 13.2 Å². The van der Waals surface area contributed by atoms with E-state index in [-0.39, 0.29) is 11.8 Å². The molecule has 2 aromatic rings. The van der Waals surface area contributed by atoms with Gasteiger partial charge in [-0.15, -0.1) is 0 Å². The summed E-state index contributed by atoms with van der Waals surface area (Å²) in [5, 5.41) is 0.464. The number of para-hydroxylation sites is 2. The van der Waals surface area contributed by atoms with Crippen molar-refractivity contribution in [3.05, 3.63) is 58.9 Å². The smallest absolute Gasteiger partial charge is 0.305 e. The number of methoxy groups -OCH3 is 2. The average Bonchev–Trinajstić information content (AvgIpc) is 2.89. The molecule has 0 spiro atoms. The van der Waals surface area contributed by atoms with Gasteiger partial charge in [-0.3, -0.25) is 14.6 Å². The molecule has 2 fully saturated rings. The van der Waals surface area contributed by atoms with Gasteiger partial charge < -0.3 is 14.4 Å². The molecule has 0 aliphatic carbocycles. The highest BCUT2D eigenvalue weighted by Crippen LogP contribution is 2.32. The van der Waals surface area contributed by atoms with E-state index < -0.39 is 0 Å². The lowest BCUT2D eigenvalue weighted by atomic mass is 9.86. The van der Waals surface area contributed by atoms with Crippen molar-refractivity contribution in [2.45, 2.75) is 31.8 Å². The third kappa shape index (κ3) is 6.26. The minimum Gasteiger partial charge on any atom is -0.495 e. The van der Waals surface area contributed by atoms with Gasteiger partial charge in [0.15, 0.2) is 0 Å². The number of piperidine rings is 1. The van der Waals surface area contributed by atoms with E-state index in [0.29, 0.717) is 35.5 Å². The fraction of sp³-hybridized carbons (Fsp3) is 0.519. The van der Waals surface area contributed by atoms with Crippen molar-refractivity contribution in [3.8, 4) is 5.75 Å². The largest absolute Gasteiger partial charge is 0.495 e. The van der Waals surface area contributed by atoms with Crippen LogP contribution >= 0.6 is 11.6 Å². The molecule has 2 aliphatic heterocycles. The van der Waals surface area contributed by atoms with Crippen LogP contribution in [-0.2, 0) is 16.1 Å². The van der Waals surface area contributed by atoms with E-state index in [1.807, 2.05) is 18.2 Å². The number of halogens is 2. The number of piperazine rings is 1. The van der Waals surface area contributed by atoms with Crippen molar-refractivity contribution in [3.63, 3.8) is 0 Å². The topological polar surface area (TPSA) is 45.2 Å². The molecule has 190 valence electrons. The van der Waals surface area contributed by atoms with E-state index in [2.05, 4.69) is 20.8 Å². The number of carbonyl (C=O) groups is 1. The molecule has 35 heavy (non-hydrogen) atoms. The van der Waals surface area contributed by atoms with Gasteiger partial charge in [0.1, 0.15) is 11.6 Å². The number of nitrogens with zero attached hydrogens (tertiary/aromatic N) is 3. The number of likely N-dealkylation sites (tertiary alicyclic amines) is 1. The van der Waals surface area contributed by atoms with E-state index in [0.717, 1.165) is 63.5 Å². The van der Waals surface area contributed by atoms with Gasteiger partial charge in [0.05, 0.1) is 19.9 Å². The summed E-state index contributed by atoms with van der Waals surface area (Å²) in [6.45, 7) is 5.92. The van der Waals surface area contributed by atoms with Crippen LogP contribution < -0.4 is 9.64 Å². The first-order valence-corrected chi connectivity index (χ1v) is 12.7. The van der Waals surface area contributed by atoms with Crippen LogP contribution in [0.2, 0.25) is 5.02 Å². The molecule has 2 atom stereocenters. The molecule has 6 nitrogen and oxygen atoms in total. The fourth-order valence-corrected chi connectivity index (χ4v) is 5.72. The summed E-state index contributed by atoms with van der Waals surface area (Å²) >= 11 is 6.29. The predicted molar refractivity (Wildman–Crippen MR) is 137 cm³/mol. The van der Waals surface area contributed by atoms with Gasteiger partial charge in [0, 0.05) is 62.3 Å². The quantitative estimate of drug-likeness (QED) is 0.496. The van der Waals surface area contributed by atoms with Crippen molar-refractivity contribution < 1.29 is 18.7 Å². The summed E-state index contributed by atoms with van der Waals surface area (Å²) in [6, 6.07) is 13.4. The maximum atomic E-state index is 14.4. The van der Waals surface area contributed by atoms with Crippen LogP contribution in [0.4, 0.5) is 10.1 Å². The van der Waals surface area contributed by atoms with Gasteiger partial charge in [-0.05, 0) is 49.6 Å². The Balaban J connectivity index is 1.42. The number of hydrogen-bond donors (Lipinski definition) is 0. The zero-order chi connectivity index (χ0) is 24.8. The lowest BCUT2D eigenvalue weighted by molar-refractivity contribution is -0.141. The Morgan fingerprint density at radius 3 is 2.54 bits per heavy atom. The van der Waals surface area contributed by atoms with Gasteiger partial charge in [-0.1, -0.05) is 29.8 Å². The van der Waals surface area contributed by atoms with E-state index >= 15 is 0 Å². The summed E-state index contributed by atoms with van der Waals surface area (Å²) in [5.74, 6) is 0.750. The van der Waals surface area contributed by atoms with Crippen molar-refractivity contribution in [2.24, 2.45) is 5.92 Å². The number of carbonyl (C=O) groups excluding carboxylic acids is 1. The summed E-state index contributed by atoms with van der Waals surface area (Å²) < 4.78 is 24.9. The van der Waals surface area contributed by atoms with Crippen LogP contribution in [0.3, 0.4) is 0 Å². The van der Waals surface area contributed by atoms with Crippen molar-refractivity contribution in [1.29, 1.82) is 0 Å². The van der Waals surface area contributed by atoms with Crippen molar-refractivity contribution >= 4 is 23.3 Å². The van der Waals surface area contributed by atoms with E-state index in [1.54, 1.807) is 19.2 Å². The molecule has 0 radical (unpaired) electrons. The standard InChI is InChI=1S/C27H35ClFN3O3/c1-34-26-9-4-3-8-25(26)32-16-14-31(15-17-32)24-12-13-30(18-20(24)10-11-27(33)35-2)19-21-22(28)6-5-7-23(21)29/h3-9,20,24H,10-19H2,1-2H3/t20-,24+/m1/s1. The number of rotatable bonds is 8. The predicted octanol–water partition coefficient (Wildman–Crippen LogP) is 4.45. The molecule has 2 aliphatic rings. The first-order valence-electron chi connectivity index (χ1n) is 12.3. The second-order valence-electron chi connectivity index (χ2n) is 9.36. The molecule has 0 bridgehead atoms. The highest BCUT2D eigenvalue weighted by Gasteiger charge is 2.35. The molecule has 0 unspecified atom stereocenters. The normalized spacial score (nSPS) is 21.7. The van der Waals surface area contributed by atoms with Crippen molar-refractivity contribution in [2.75, 3.05) is 58.4 Å². The van der Waals surface area contributed by atoms with Crippen LogP contribution in [0.25, 0.3) is 0 Å². The van der Waals surface area contributed by atoms with Gasteiger partial charge in [-0.2, -0.15) is 0 Å². The number of ether oxygens (including phenoxy) is 2. The van der Waals surface area contributed by atoms with Gasteiger partial charge >= 0.3 is 5.97 Å². The first kappa shape index (κ1) is 25.7. The molecule has 0 amide bonds. The third-order valence-corrected chi connectivity index (χ3v) is 7.73. The van der Waals surface area contributed by atoms with Crippen LogP contribution in [0.1, 0.15) is 24.8 Å². The monoisotopic (exact) mass is 503 g/mol. The Morgan fingerprint density at radius 1 is 1.06 bits per heavy atom. The number of esters is 1. The zero-order valence-corrected chi connectivity index (χ0v) is 21.3. The maximum absolute atomic E-state index is 14.4. The van der Waals surface area contributed by atoms with Crippen LogP contribution in [0.15, 0.2) is 42.5 Å². The number of hydrogen-bond acceptors (Lipinski definition) is 6. The van der Waals surface area contributed by atoms with Crippen molar-refractivity contribution in [1.82, 2.24) is 9.80 Å². The van der Waals surface area contributed by atoms with Gasteiger partial charge in [0.25, 0.3) is 0 Å². The summed E-state index contributed by atoms with van der Waals surface area (Å²) in [7, 11) is 3.15. The van der Waals surface area contributed by atoms with E-state index in [4.69, 9.17) is 21.1 Å². The highest BCUT2D eigenvalue weighted by molar-refractivity contribution is 6.31. The number of benzene rings is 2. The molecule has 4 rings (SSSR count). The van der Waals surface area contributed by atoms with Crippen LogP contribution in [-0.4, -0.2) is 75.3 Å². The lowest BCUT2D eigenvalue weighted by Gasteiger charge is -2.47. The van der Waals surface area contributed by atoms with E-state index in [9.17, 15) is 9.18 Å². The summed E-state index contributed by atoms with van der Waals surface area (Å²) in [6.07, 6.45) is 2.13.